The van der Waals surface area contributed by atoms with E-state index in [0.717, 1.165) is 37.3 Å². The molecule has 1 amide bonds. The molecule has 1 unspecified atom stereocenters. The SMILES string of the molecule is CCOc1ccc(/C(O)=C2\C(=O)C(=O)N(CCCN(CC)CC)C2c2ccc(N(C)C)cc2)cc1. The molecule has 1 N–H and O–H groups in total. The number of benzene rings is 2. The molecule has 0 bridgehead atoms. The first-order valence-corrected chi connectivity index (χ1v) is 12.3. The maximum Gasteiger partial charge on any atom is 0.295 e. The van der Waals surface area contributed by atoms with E-state index in [2.05, 4.69) is 18.7 Å². The molecule has 1 aliphatic heterocycles. The largest absolute Gasteiger partial charge is 0.507 e. The van der Waals surface area contributed by atoms with Crippen LogP contribution in [0.2, 0.25) is 0 Å². The van der Waals surface area contributed by atoms with E-state index in [-0.39, 0.29) is 11.3 Å². The van der Waals surface area contributed by atoms with Gasteiger partial charge in [-0.15, -0.1) is 0 Å². The van der Waals surface area contributed by atoms with Gasteiger partial charge in [-0.05, 0) is 74.9 Å². The van der Waals surface area contributed by atoms with Crippen LogP contribution in [-0.2, 0) is 9.59 Å². The minimum absolute atomic E-state index is 0.125. The average Bonchev–Trinajstić information content (AvgIpc) is 3.12. The minimum Gasteiger partial charge on any atom is -0.507 e. The van der Waals surface area contributed by atoms with Crippen molar-refractivity contribution in [2.75, 3.05) is 51.8 Å². The number of ether oxygens (including phenoxy) is 1. The highest BCUT2D eigenvalue weighted by atomic mass is 16.5. The van der Waals surface area contributed by atoms with Crippen molar-refractivity contribution in [3.8, 4) is 5.75 Å². The van der Waals surface area contributed by atoms with Crippen molar-refractivity contribution in [2.24, 2.45) is 0 Å². The molecule has 2 aromatic rings. The number of aliphatic hydroxyl groups excluding tert-OH is 1. The Balaban J connectivity index is 2.01. The van der Waals surface area contributed by atoms with E-state index in [9.17, 15) is 14.7 Å². The minimum atomic E-state index is -0.652. The lowest BCUT2D eigenvalue weighted by Crippen LogP contribution is -2.33. The van der Waals surface area contributed by atoms with Crippen LogP contribution in [0, 0.1) is 0 Å². The normalized spacial score (nSPS) is 17.3. The van der Waals surface area contributed by atoms with Gasteiger partial charge in [0.25, 0.3) is 11.7 Å². The zero-order valence-corrected chi connectivity index (χ0v) is 21.5. The Morgan fingerprint density at radius 3 is 2.14 bits per heavy atom. The molecule has 0 radical (unpaired) electrons. The second-order valence-electron chi connectivity index (χ2n) is 8.82. The van der Waals surface area contributed by atoms with E-state index in [1.165, 1.54) is 0 Å². The van der Waals surface area contributed by atoms with Crippen LogP contribution in [0.4, 0.5) is 5.69 Å². The fourth-order valence-corrected chi connectivity index (χ4v) is 4.45. The fraction of sp³-hybridized carbons (Fsp3) is 0.429. The molecule has 7 nitrogen and oxygen atoms in total. The Labute approximate surface area is 208 Å². The van der Waals surface area contributed by atoms with Gasteiger partial charge in [-0.2, -0.15) is 0 Å². The van der Waals surface area contributed by atoms with Crippen molar-refractivity contribution in [1.82, 2.24) is 9.80 Å². The number of carbonyl (C=O) groups is 2. The zero-order chi connectivity index (χ0) is 25.5. The number of nitrogens with zero attached hydrogens (tertiary/aromatic N) is 3. The van der Waals surface area contributed by atoms with Gasteiger partial charge in [-0.25, -0.2) is 0 Å². The average molecular weight is 480 g/mol. The molecule has 0 saturated carbocycles. The highest BCUT2D eigenvalue weighted by molar-refractivity contribution is 6.46. The quantitative estimate of drug-likeness (QED) is 0.294. The summed E-state index contributed by atoms with van der Waals surface area (Å²) in [5.41, 5.74) is 2.41. The molecule has 0 aliphatic carbocycles. The highest BCUT2D eigenvalue weighted by Gasteiger charge is 2.45. The molecule has 1 aliphatic rings. The lowest BCUT2D eigenvalue weighted by molar-refractivity contribution is -0.140. The summed E-state index contributed by atoms with van der Waals surface area (Å²) in [5.74, 6) is -0.712. The lowest BCUT2D eigenvalue weighted by Gasteiger charge is -2.27. The molecule has 2 aromatic carbocycles. The fourth-order valence-electron chi connectivity index (χ4n) is 4.45. The van der Waals surface area contributed by atoms with Crippen molar-refractivity contribution >= 4 is 23.1 Å². The summed E-state index contributed by atoms with van der Waals surface area (Å²) in [4.78, 5) is 32.3. The van der Waals surface area contributed by atoms with Crippen molar-refractivity contribution in [2.45, 2.75) is 33.2 Å². The molecule has 1 saturated heterocycles. The smallest absolute Gasteiger partial charge is 0.295 e. The molecular formula is C28H37N3O4. The lowest BCUT2D eigenvalue weighted by atomic mass is 9.95. The number of hydrogen-bond donors (Lipinski definition) is 1. The van der Waals surface area contributed by atoms with Crippen molar-refractivity contribution in [3.05, 3.63) is 65.2 Å². The third-order valence-electron chi connectivity index (χ3n) is 6.47. The summed E-state index contributed by atoms with van der Waals surface area (Å²) < 4.78 is 5.49. The topological polar surface area (TPSA) is 73.3 Å². The van der Waals surface area contributed by atoms with Crippen LogP contribution >= 0.6 is 0 Å². The predicted octanol–water partition coefficient (Wildman–Crippen LogP) is 4.30. The molecule has 1 fully saturated rings. The van der Waals surface area contributed by atoms with Gasteiger partial charge in [0.05, 0.1) is 18.2 Å². The summed E-state index contributed by atoms with van der Waals surface area (Å²) in [7, 11) is 3.92. The summed E-state index contributed by atoms with van der Waals surface area (Å²) in [6.45, 7) is 9.79. The van der Waals surface area contributed by atoms with Crippen LogP contribution in [0.1, 0.15) is 44.4 Å². The van der Waals surface area contributed by atoms with Gasteiger partial charge in [-0.3, -0.25) is 9.59 Å². The van der Waals surface area contributed by atoms with Gasteiger partial charge in [0.1, 0.15) is 11.5 Å². The van der Waals surface area contributed by atoms with Crippen molar-refractivity contribution in [3.63, 3.8) is 0 Å². The first-order chi connectivity index (χ1) is 16.8. The molecule has 0 aromatic heterocycles. The van der Waals surface area contributed by atoms with Crippen LogP contribution in [-0.4, -0.2) is 73.5 Å². The Hall–Kier alpha value is -3.32. The third-order valence-corrected chi connectivity index (χ3v) is 6.47. The van der Waals surface area contributed by atoms with E-state index in [1.54, 1.807) is 29.2 Å². The number of amides is 1. The number of likely N-dealkylation sites (tertiary alicyclic amines) is 1. The Bertz CT molecular complexity index is 1040. The second kappa shape index (κ2) is 11.9. The molecule has 188 valence electrons. The van der Waals surface area contributed by atoms with Gasteiger partial charge in [0.15, 0.2) is 0 Å². The first-order valence-electron chi connectivity index (χ1n) is 12.3. The standard InChI is InChI=1S/C28H37N3O4/c1-6-30(7-2)18-9-19-31-25(20-10-14-22(15-11-20)29(4)5)24(27(33)28(31)34)26(32)21-12-16-23(17-13-21)35-8-3/h10-17,25,32H,6-9,18-19H2,1-5H3/b26-24+. The third kappa shape index (κ3) is 5.85. The van der Waals surface area contributed by atoms with E-state index >= 15 is 0 Å². The number of ketones is 1. The molecule has 3 rings (SSSR count). The molecule has 0 spiro atoms. The highest BCUT2D eigenvalue weighted by Crippen LogP contribution is 2.40. The van der Waals surface area contributed by atoms with Crippen LogP contribution < -0.4 is 9.64 Å². The second-order valence-corrected chi connectivity index (χ2v) is 8.82. The van der Waals surface area contributed by atoms with Gasteiger partial charge >= 0.3 is 0 Å². The van der Waals surface area contributed by atoms with Crippen molar-refractivity contribution in [1.29, 1.82) is 0 Å². The number of rotatable bonds is 11. The van der Waals surface area contributed by atoms with E-state index in [0.29, 0.717) is 24.5 Å². The van der Waals surface area contributed by atoms with Gasteiger partial charge in [0.2, 0.25) is 0 Å². The maximum atomic E-state index is 13.2. The van der Waals surface area contributed by atoms with Crippen LogP contribution in [0.15, 0.2) is 54.1 Å². The summed E-state index contributed by atoms with van der Waals surface area (Å²) >= 11 is 0. The van der Waals surface area contributed by atoms with Crippen LogP contribution in [0.5, 0.6) is 5.75 Å². The summed E-state index contributed by atoms with van der Waals surface area (Å²) in [5, 5.41) is 11.2. The molecular weight excluding hydrogens is 442 g/mol. The number of hydrogen-bond acceptors (Lipinski definition) is 6. The monoisotopic (exact) mass is 479 g/mol. The van der Waals surface area contributed by atoms with Crippen LogP contribution in [0.25, 0.3) is 5.76 Å². The van der Waals surface area contributed by atoms with Crippen LogP contribution in [0.3, 0.4) is 0 Å². The number of carbonyl (C=O) groups excluding carboxylic acids is 2. The number of aliphatic hydroxyl groups is 1. The summed E-state index contributed by atoms with van der Waals surface area (Å²) in [6.07, 6.45) is 0.740. The first kappa shape index (κ1) is 26.3. The number of anilines is 1. The zero-order valence-electron chi connectivity index (χ0n) is 21.5. The maximum absolute atomic E-state index is 13.2. The summed E-state index contributed by atoms with van der Waals surface area (Å²) in [6, 6.07) is 14.0. The number of Topliss-reactive ketones (excluding diaryl/α,β-unsaturated/α-hetero) is 1. The van der Waals surface area contributed by atoms with E-state index < -0.39 is 17.7 Å². The van der Waals surface area contributed by atoms with Crippen molar-refractivity contribution < 1.29 is 19.4 Å². The van der Waals surface area contributed by atoms with Gasteiger partial charge in [0, 0.05) is 31.9 Å². The van der Waals surface area contributed by atoms with E-state index in [4.69, 9.17) is 4.74 Å². The Morgan fingerprint density at radius 1 is 0.971 bits per heavy atom. The van der Waals surface area contributed by atoms with E-state index in [1.807, 2.05) is 50.2 Å². The molecule has 1 heterocycles. The van der Waals surface area contributed by atoms with Gasteiger partial charge < -0.3 is 24.5 Å². The Morgan fingerprint density at radius 2 is 1.60 bits per heavy atom. The molecule has 7 heteroatoms. The Kier molecular flexibility index (Phi) is 8.93. The van der Waals surface area contributed by atoms with Gasteiger partial charge in [-0.1, -0.05) is 26.0 Å². The molecule has 35 heavy (non-hydrogen) atoms. The predicted molar refractivity (Wildman–Crippen MR) is 140 cm³/mol. The molecule has 1 atom stereocenters.